The molecule has 0 amide bonds. The van der Waals surface area contributed by atoms with E-state index in [0.717, 1.165) is 5.75 Å². The zero-order chi connectivity index (χ0) is 11.1. The number of ether oxygens (including phenoxy) is 2. The van der Waals surface area contributed by atoms with Gasteiger partial charge in [-0.15, -0.1) is 0 Å². The summed E-state index contributed by atoms with van der Waals surface area (Å²) in [7, 11) is 1.61. The molecule has 1 aromatic rings. The Balaban J connectivity index is 2.36. The predicted molar refractivity (Wildman–Crippen MR) is 58.2 cm³/mol. The molecule has 4 heteroatoms. The fraction of sp³-hybridized carbons (Fsp3) is 0.455. The minimum atomic E-state index is -0.508. The summed E-state index contributed by atoms with van der Waals surface area (Å²) in [5.41, 5.74) is 0. The van der Waals surface area contributed by atoms with Crippen molar-refractivity contribution >= 4 is 0 Å². The topological polar surface area (TPSA) is 50.7 Å². The van der Waals surface area contributed by atoms with Gasteiger partial charge >= 0.3 is 0 Å². The van der Waals surface area contributed by atoms with Gasteiger partial charge in [0.1, 0.15) is 12.8 Å². The first-order valence-corrected chi connectivity index (χ1v) is 4.91. The fourth-order valence-corrected chi connectivity index (χ4v) is 1.17. The van der Waals surface area contributed by atoms with Gasteiger partial charge in [-0.1, -0.05) is 12.1 Å². The van der Waals surface area contributed by atoms with Crippen molar-refractivity contribution in [1.82, 2.24) is 5.32 Å². The second-order valence-electron chi connectivity index (χ2n) is 3.13. The average Bonchev–Trinajstić information content (AvgIpc) is 2.24. The quantitative estimate of drug-likeness (QED) is 0.544. The van der Waals surface area contributed by atoms with Gasteiger partial charge in [0.25, 0.3) is 0 Å². The second kappa shape index (κ2) is 6.27. The molecule has 4 nitrogen and oxygen atoms in total. The maximum atomic E-state index is 8.96. The van der Waals surface area contributed by atoms with Crippen LogP contribution in [0.4, 0.5) is 0 Å². The van der Waals surface area contributed by atoms with E-state index in [1.165, 1.54) is 0 Å². The molecule has 0 aliphatic carbocycles. The maximum Gasteiger partial charge on any atom is 0.161 e. The van der Waals surface area contributed by atoms with Gasteiger partial charge in [0, 0.05) is 6.54 Å². The van der Waals surface area contributed by atoms with E-state index < -0.39 is 6.23 Å². The molecule has 0 fully saturated rings. The third kappa shape index (κ3) is 4.18. The van der Waals surface area contributed by atoms with Crippen LogP contribution in [0.3, 0.4) is 0 Å². The summed E-state index contributed by atoms with van der Waals surface area (Å²) in [6.07, 6.45) is -0.508. The highest BCUT2D eigenvalue weighted by atomic mass is 16.5. The molecule has 84 valence electrons. The Hall–Kier alpha value is -1.26. The Morgan fingerprint density at radius 2 is 2.00 bits per heavy atom. The van der Waals surface area contributed by atoms with Crippen LogP contribution in [-0.4, -0.2) is 31.6 Å². The smallest absolute Gasteiger partial charge is 0.161 e. The van der Waals surface area contributed by atoms with Gasteiger partial charge in [0.15, 0.2) is 11.5 Å². The Bertz CT molecular complexity index is 289. The normalized spacial score (nSPS) is 12.2. The van der Waals surface area contributed by atoms with E-state index in [2.05, 4.69) is 5.32 Å². The molecule has 0 bridgehead atoms. The van der Waals surface area contributed by atoms with Crippen LogP contribution in [0.5, 0.6) is 11.5 Å². The lowest BCUT2D eigenvalue weighted by Crippen LogP contribution is -2.29. The van der Waals surface area contributed by atoms with Crippen molar-refractivity contribution in [1.29, 1.82) is 0 Å². The summed E-state index contributed by atoms with van der Waals surface area (Å²) in [5.74, 6) is 1.43. The molecule has 1 rings (SSSR count). The zero-order valence-electron chi connectivity index (χ0n) is 9.06. The molecule has 0 aliphatic heterocycles. The van der Waals surface area contributed by atoms with E-state index in [9.17, 15) is 0 Å². The van der Waals surface area contributed by atoms with Gasteiger partial charge in [-0.2, -0.15) is 0 Å². The Labute approximate surface area is 89.8 Å². The summed E-state index contributed by atoms with van der Waals surface area (Å²) in [6, 6.07) is 7.47. The summed E-state index contributed by atoms with van der Waals surface area (Å²) in [5, 5.41) is 11.8. The second-order valence-corrected chi connectivity index (χ2v) is 3.13. The number of benzene rings is 1. The maximum absolute atomic E-state index is 8.96. The van der Waals surface area contributed by atoms with Crippen LogP contribution in [-0.2, 0) is 0 Å². The highest BCUT2D eigenvalue weighted by Crippen LogP contribution is 2.25. The fourth-order valence-electron chi connectivity index (χ4n) is 1.17. The van der Waals surface area contributed by atoms with Crippen molar-refractivity contribution in [3.8, 4) is 11.5 Å². The van der Waals surface area contributed by atoms with E-state index in [-0.39, 0.29) is 0 Å². The van der Waals surface area contributed by atoms with Crippen LogP contribution in [0.1, 0.15) is 6.92 Å². The lowest BCUT2D eigenvalue weighted by molar-refractivity contribution is 0.148. The van der Waals surface area contributed by atoms with Gasteiger partial charge < -0.3 is 14.6 Å². The van der Waals surface area contributed by atoms with E-state index >= 15 is 0 Å². The SMILES string of the molecule is COc1ccccc1OCCNC(C)O. The van der Waals surface area contributed by atoms with E-state index in [1.54, 1.807) is 14.0 Å². The molecular formula is C11H17NO3. The van der Waals surface area contributed by atoms with Gasteiger partial charge in [0.2, 0.25) is 0 Å². The van der Waals surface area contributed by atoms with Crippen LogP contribution < -0.4 is 14.8 Å². The van der Waals surface area contributed by atoms with Crippen molar-refractivity contribution in [3.05, 3.63) is 24.3 Å². The van der Waals surface area contributed by atoms with E-state index in [1.807, 2.05) is 24.3 Å². The first kappa shape index (κ1) is 11.8. The zero-order valence-corrected chi connectivity index (χ0v) is 9.06. The van der Waals surface area contributed by atoms with Gasteiger partial charge in [-0.3, -0.25) is 5.32 Å². The minimum Gasteiger partial charge on any atom is -0.493 e. The first-order chi connectivity index (χ1) is 7.24. The molecule has 0 aliphatic rings. The minimum absolute atomic E-state index is 0.491. The monoisotopic (exact) mass is 211 g/mol. The average molecular weight is 211 g/mol. The predicted octanol–water partition coefficient (Wildman–Crippen LogP) is 1.00. The third-order valence-electron chi connectivity index (χ3n) is 1.87. The van der Waals surface area contributed by atoms with Crippen molar-refractivity contribution in [3.63, 3.8) is 0 Å². The molecule has 0 radical (unpaired) electrons. The number of nitrogens with one attached hydrogen (secondary N) is 1. The molecule has 1 unspecified atom stereocenters. The molecule has 0 spiro atoms. The van der Waals surface area contributed by atoms with Gasteiger partial charge in [0.05, 0.1) is 7.11 Å². The molecule has 0 aromatic heterocycles. The summed E-state index contributed by atoms with van der Waals surface area (Å²) in [4.78, 5) is 0. The molecule has 1 aromatic carbocycles. The number of hydrogen-bond donors (Lipinski definition) is 2. The van der Waals surface area contributed by atoms with Gasteiger partial charge in [-0.05, 0) is 19.1 Å². The van der Waals surface area contributed by atoms with Crippen molar-refractivity contribution in [2.45, 2.75) is 13.2 Å². The van der Waals surface area contributed by atoms with Crippen molar-refractivity contribution < 1.29 is 14.6 Å². The Morgan fingerprint density at radius 1 is 1.33 bits per heavy atom. The number of para-hydroxylation sites is 2. The van der Waals surface area contributed by atoms with Crippen molar-refractivity contribution in [2.75, 3.05) is 20.3 Å². The first-order valence-electron chi connectivity index (χ1n) is 4.91. The molecular weight excluding hydrogens is 194 g/mol. The van der Waals surface area contributed by atoms with Crippen LogP contribution in [0.2, 0.25) is 0 Å². The summed E-state index contributed by atoms with van der Waals surface area (Å²) < 4.78 is 10.6. The van der Waals surface area contributed by atoms with Gasteiger partial charge in [-0.25, -0.2) is 0 Å². The Kier molecular flexibility index (Phi) is 4.93. The van der Waals surface area contributed by atoms with E-state index in [0.29, 0.717) is 18.9 Å². The number of methoxy groups -OCH3 is 1. The number of aliphatic hydroxyl groups is 1. The number of hydrogen-bond acceptors (Lipinski definition) is 4. The Morgan fingerprint density at radius 3 is 2.60 bits per heavy atom. The number of rotatable bonds is 6. The molecule has 0 saturated carbocycles. The summed E-state index contributed by atoms with van der Waals surface area (Å²) >= 11 is 0. The molecule has 0 saturated heterocycles. The largest absolute Gasteiger partial charge is 0.493 e. The highest BCUT2D eigenvalue weighted by Gasteiger charge is 2.01. The van der Waals surface area contributed by atoms with Crippen LogP contribution >= 0.6 is 0 Å². The summed E-state index contributed by atoms with van der Waals surface area (Å²) in [6.45, 7) is 2.75. The van der Waals surface area contributed by atoms with Crippen LogP contribution in [0.25, 0.3) is 0 Å². The number of aliphatic hydroxyl groups excluding tert-OH is 1. The third-order valence-corrected chi connectivity index (χ3v) is 1.87. The molecule has 0 heterocycles. The molecule has 1 atom stereocenters. The van der Waals surface area contributed by atoms with Crippen molar-refractivity contribution in [2.24, 2.45) is 0 Å². The molecule has 15 heavy (non-hydrogen) atoms. The standard InChI is InChI=1S/C11H17NO3/c1-9(13)12-7-8-15-11-6-4-3-5-10(11)14-2/h3-6,9,12-13H,7-8H2,1-2H3. The lowest BCUT2D eigenvalue weighted by atomic mass is 10.3. The van der Waals surface area contributed by atoms with Crippen LogP contribution in [0, 0.1) is 0 Å². The van der Waals surface area contributed by atoms with Crippen LogP contribution in [0.15, 0.2) is 24.3 Å². The molecule has 2 N–H and O–H groups in total. The lowest BCUT2D eigenvalue weighted by Gasteiger charge is -2.11. The van der Waals surface area contributed by atoms with E-state index in [4.69, 9.17) is 14.6 Å². The highest BCUT2D eigenvalue weighted by molar-refractivity contribution is 5.39.